The van der Waals surface area contributed by atoms with Crippen LogP contribution in [0.4, 0.5) is 11.4 Å². The summed E-state index contributed by atoms with van der Waals surface area (Å²) in [6.07, 6.45) is 0. The topological polar surface area (TPSA) is 89.5 Å². The van der Waals surface area contributed by atoms with E-state index in [1.165, 1.54) is 30.2 Å². The number of nitrogens with zero attached hydrogens (tertiary/aromatic N) is 1. The molecule has 9 heteroatoms. The van der Waals surface area contributed by atoms with Gasteiger partial charge in [0.25, 0.3) is 5.91 Å². The average Bonchev–Trinajstić information content (AvgIpc) is 3.26. The number of benzene rings is 3. The van der Waals surface area contributed by atoms with Crippen LogP contribution in [0.5, 0.6) is 11.5 Å². The molecule has 0 spiro atoms. The fraction of sp³-hybridized carbons (Fsp3) is 0.192. The molecule has 4 aromatic rings. The van der Waals surface area contributed by atoms with Gasteiger partial charge in [-0.3, -0.25) is 9.59 Å². The van der Waals surface area contributed by atoms with E-state index in [9.17, 15) is 9.59 Å². The van der Waals surface area contributed by atoms with Crippen molar-refractivity contribution in [3.05, 3.63) is 71.3 Å². The maximum atomic E-state index is 12.7. The fourth-order valence-corrected chi connectivity index (χ4v) is 5.32. The molecule has 180 valence electrons. The molecule has 3 aromatic carbocycles. The highest BCUT2D eigenvalue weighted by molar-refractivity contribution is 8.01. The van der Waals surface area contributed by atoms with Gasteiger partial charge < -0.3 is 20.1 Å². The molecule has 7 nitrogen and oxygen atoms in total. The molecule has 0 aliphatic heterocycles. The van der Waals surface area contributed by atoms with Crippen LogP contribution in [0.25, 0.3) is 10.2 Å². The van der Waals surface area contributed by atoms with Crippen molar-refractivity contribution in [1.29, 1.82) is 0 Å². The van der Waals surface area contributed by atoms with E-state index in [0.717, 1.165) is 31.4 Å². The zero-order chi connectivity index (χ0) is 24.9. The molecule has 35 heavy (non-hydrogen) atoms. The number of carbonyl (C=O) groups excluding carboxylic acids is 2. The summed E-state index contributed by atoms with van der Waals surface area (Å²) in [6.45, 7) is 3.97. The van der Waals surface area contributed by atoms with Crippen molar-refractivity contribution in [3.8, 4) is 11.5 Å². The molecule has 0 radical (unpaired) electrons. The van der Waals surface area contributed by atoms with E-state index in [1.54, 1.807) is 25.3 Å². The molecule has 2 N–H and O–H groups in total. The van der Waals surface area contributed by atoms with Gasteiger partial charge in [0.2, 0.25) is 5.91 Å². The summed E-state index contributed by atoms with van der Waals surface area (Å²) < 4.78 is 12.2. The largest absolute Gasteiger partial charge is 0.493 e. The first-order valence-corrected chi connectivity index (χ1v) is 12.6. The lowest BCUT2D eigenvalue weighted by atomic mass is 10.1. The molecule has 0 saturated carbocycles. The van der Waals surface area contributed by atoms with Gasteiger partial charge in [0.1, 0.15) is 0 Å². The standard InChI is InChI=1S/C26H25N3O4S2/c1-15-5-6-16(2)20(11-15)28-24(30)14-34-26-29-19-9-8-18(13-23(19)35-26)27-25(31)17-7-10-21(32-3)22(12-17)33-4/h5-13H,14H2,1-4H3,(H,27,31)(H,28,30). The minimum absolute atomic E-state index is 0.0779. The van der Waals surface area contributed by atoms with Gasteiger partial charge in [-0.1, -0.05) is 23.9 Å². The molecule has 4 rings (SSSR count). The zero-order valence-corrected chi connectivity index (χ0v) is 21.4. The lowest BCUT2D eigenvalue weighted by Crippen LogP contribution is -2.14. The van der Waals surface area contributed by atoms with E-state index in [2.05, 4.69) is 15.6 Å². The van der Waals surface area contributed by atoms with Crippen LogP contribution in [0.2, 0.25) is 0 Å². The smallest absolute Gasteiger partial charge is 0.255 e. The summed E-state index contributed by atoms with van der Waals surface area (Å²) in [4.78, 5) is 29.8. The SMILES string of the molecule is COc1ccc(C(=O)Nc2ccc3nc(SCC(=O)Nc4cc(C)ccc4C)sc3c2)cc1OC. The van der Waals surface area contributed by atoms with Gasteiger partial charge in [0.05, 0.1) is 30.2 Å². The Morgan fingerprint density at radius 3 is 2.51 bits per heavy atom. The number of aryl methyl sites for hydroxylation is 2. The molecule has 0 bridgehead atoms. The van der Waals surface area contributed by atoms with Gasteiger partial charge >= 0.3 is 0 Å². The van der Waals surface area contributed by atoms with Crippen molar-refractivity contribution < 1.29 is 19.1 Å². The molecule has 2 amide bonds. The highest BCUT2D eigenvalue weighted by atomic mass is 32.2. The van der Waals surface area contributed by atoms with Crippen molar-refractivity contribution in [2.24, 2.45) is 0 Å². The summed E-state index contributed by atoms with van der Waals surface area (Å²) in [5.74, 6) is 0.971. The number of hydrogen-bond acceptors (Lipinski definition) is 7. The van der Waals surface area contributed by atoms with Crippen LogP contribution in [0.1, 0.15) is 21.5 Å². The number of methoxy groups -OCH3 is 2. The number of anilines is 2. The van der Waals surface area contributed by atoms with Crippen LogP contribution in [0.15, 0.2) is 58.9 Å². The van der Waals surface area contributed by atoms with Gasteiger partial charge in [-0.15, -0.1) is 11.3 Å². The average molecular weight is 508 g/mol. The van der Waals surface area contributed by atoms with E-state index in [4.69, 9.17) is 9.47 Å². The number of ether oxygens (including phenoxy) is 2. The number of rotatable bonds is 8. The Kier molecular flexibility index (Phi) is 7.57. The third-order valence-corrected chi connectivity index (χ3v) is 7.43. The summed E-state index contributed by atoms with van der Waals surface area (Å²) in [7, 11) is 3.08. The highest BCUT2D eigenvalue weighted by Crippen LogP contribution is 2.32. The maximum Gasteiger partial charge on any atom is 0.255 e. The summed E-state index contributed by atoms with van der Waals surface area (Å²) in [5.41, 5.74) is 4.88. The number of hydrogen-bond donors (Lipinski definition) is 2. The molecular formula is C26H25N3O4S2. The Balaban J connectivity index is 1.40. The Morgan fingerprint density at radius 1 is 0.943 bits per heavy atom. The van der Waals surface area contributed by atoms with Crippen molar-refractivity contribution in [3.63, 3.8) is 0 Å². The van der Waals surface area contributed by atoms with E-state index in [1.807, 2.05) is 50.2 Å². The van der Waals surface area contributed by atoms with Gasteiger partial charge in [-0.2, -0.15) is 0 Å². The van der Waals surface area contributed by atoms with Gasteiger partial charge in [0.15, 0.2) is 15.8 Å². The Morgan fingerprint density at radius 2 is 1.74 bits per heavy atom. The molecule has 0 atom stereocenters. The third kappa shape index (κ3) is 5.93. The number of thiazole rings is 1. The van der Waals surface area contributed by atoms with Crippen molar-refractivity contribution in [2.75, 3.05) is 30.6 Å². The Bertz CT molecular complexity index is 1400. The lowest BCUT2D eigenvalue weighted by Gasteiger charge is -2.10. The predicted molar refractivity (Wildman–Crippen MR) is 142 cm³/mol. The minimum atomic E-state index is -0.257. The van der Waals surface area contributed by atoms with Crippen LogP contribution in [-0.4, -0.2) is 36.8 Å². The van der Waals surface area contributed by atoms with Gasteiger partial charge in [-0.05, 0) is 67.4 Å². The molecule has 0 saturated heterocycles. The lowest BCUT2D eigenvalue weighted by molar-refractivity contribution is -0.113. The summed E-state index contributed by atoms with van der Waals surface area (Å²) >= 11 is 2.87. The fourth-order valence-electron chi connectivity index (χ4n) is 3.41. The molecule has 1 heterocycles. The second-order valence-corrected chi connectivity index (χ2v) is 10.1. The number of fused-ring (bicyclic) bond motifs is 1. The molecule has 1 aromatic heterocycles. The van der Waals surface area contributed by atoms with Gasteiger partial charge in [0, 0.05) is 16.9 Å². The quantitative estimate of drug-likeness (QED) is 0.288. The summed E-state index contributed by atoms with van der Waals surface area (Å²) in [5, 5.41) is 5.88. The van der Waals surface area contributed by atoms with Crippen molar-refractivity contribution >= 4 is 56.5 Å². The van der Waals surface area contributed by atoms with Crippen LogP contribution >= 0.6 is 23.1 Å². The van der Waals surface area contributed by atoms with E-state index in [-0.39, 0.29) is 17.6 Å². The molecule has 0 aliphatic rings. The van der Waals surface area contributed by atoms with Gasteiger partial charge in [-0.25, -0.2) is 4.98 Å². The first-order valence-electron chi connectivity index (χ1n) is 10.8. The van der Waals surface area contributed by atoms with E-state index in [0.29, 0.717) is 22.7 Å². The Hall–Kier alpha value is -3.56. The number of aromatic nitrogens is 1. The molecule has 0 aliphatic carbocycles. The van der Waals surface area contributed by atoms with Crippen molar-refractivity contribution in [2.45, 2.75) is 18.2 Å². The van der Waals surface area contributed by atoms with Crippen LogP contribution in [0, 0.1) is 13.8 Å². The van der Waals surface area contributed by atoms with Crippen LogP contribution in [-0.2, 0) is 4.79 Å². The number of nitrogens with one attached hydrogen (secondary N) is 2. The monoisotopic (exact) mass is 507 g/mol. The Labute approximate surface area is 211 Å². The second kappa shape index (κ2) is 10.8. The van der Waals surface area contributed by atoms with Crippen molar-refractivity contribution in [1.82, 2.24) is 4.98 Å². The third-order valence-electron chi connectivity index (χ3n) is 5.27. The first-order chi connectivity index (χ1) is 16.9. The number of thioether (sulfide) groups is 1. The van der Waals surface area contributed by atoms with E-state index < -0.39 is 0 Å². The first kappa shape index (κ1) is 24.6. The number of carbonyl (C=O) groups is 2. The second-order valence-electron chi connectivity index (χ2n) is 7.84. The van der Waals surface area contributed by atoms with Crippen LogP contribution in [0.3, 0.4) is 0 Å². The number of amides is 2. The normalized spacial score (nSPS) is 10.7. The maximum absolute atomic E-state index is 12.7. The highest BCUT2D eigenvalue weighted by Gasteiger charge is 2.13. The summed E-state index contributed by atoms with van der Waals surface area (Å²) in [6, 6.07) is 16.5. The molecular weight excluding hydrogens is 482 g/mol. The molecule has 0 unspecified atom stereocenters. The van der Waals surface area contributed by atoms with E-state index >= 15 is 0 Å². The van der Waals surface area contributed by atoms with Crippen LogP contribution < -0.4 is 20.1 Å². The molecule has 0 fully saturated rings. The zero-order valence-electron chi connectivity index (χ0n) is 19.8. The minimum Gasteiger partial charge on any atom is -0.493 e. The predicted octanol–water partition coefficient (Wildman–Crippen LogP) is 5.91.